The number of aryl methyl sites for hydroxylation is 1. The smallest absolute Gasteiger partial charge is 0.156 e. The summed E-state index contributed by atoms with van der Waals surface area (Å²) in [6, 6.07) is 0. The highest BCUT2D eigenvalue weighted by Crippen LogP contribution is 2.41. The number of aromatic nitrogens is 3. The lowest BCUT2D eigenvalue weighted by atomic mass is 9.75. The molecule has 3 rings (SSSR count). The Bertz CT molecular complexity index is 476. The summed E-state index contributed by atoms with van der Waals surface area (Å²) in [5.74, 6) is 2.26. The first-order valence-corrected chi connectivity index (χ1v) is 8.50. The molecule has 110 valence electrons. The van der Waals surface area contributed by atoms with Gasteiger partial charge in [-0.15, -0.1) is 10.2 Å². The molecule has 6 heteroatoms. The molecule has 1 spiro atoms. The zero-order valence-corrected chi connectivity index (χ0v) is 13.0. The fourth-order valence-electron chi connectivity index (χ4n) is 3.08. The molecule has 1 saturated carbocycles. The molecule has 0 radical (unpaired) electrons. The highest BCUT2D eigenvalue weighted by molar-refractivity contribution is 8.13. The molecule has 2 aliphatic rings. The van der Waals surface area contributed by atoms with Gasteiger partial charge in [0.2, 0.25) is 0 Å². The molecule has 1 N–H and O–H groups in total. The Labute approximate surface area is 124 Å². The van der Waals surface area contributed by atoms with Crippen LogP contribution in [0.15, 0.2) is 11.3 Å². The summed E-state index contributed by atoms with van der Waals surface area (Å²) in [4.78, 5) is 4.77. The number of hydrogen-bond donors (Lipinski definition) is 1. The Morgan fingerprint density at radius 2 is 2.20 bits per heavy atom. The summed E-state index contributed by atoms with van der Waals surface area (Å²) in [5, 5.41) is 12.5. The molecule has 1 fully saturated rings. The van der Waals surface area contributed by atoms with Crippen LogP contribution in [0, 0.1) is 5.41 Å². The summed E-state index contributed by atoms with van der Waals surface area (Å²) in [6.45, 7) is 1.90. The molecule has 2 heterocycles. The first-order chi connectivity index (χ1) is 9.77. The molecule has 1 aliphatic heterocycles. The Balaban J connectivity index is 1.46. The average molecular weight is 293 g/mol. The standard InChI is InChI=1S/C14H23N5S/c1-19-11-17-18-12(19)5-8-15-13-16-9-14(10-20-13)6-3-2-4-7-14/h11H,2-10H2,1H3,(H,15,16). The second-order valence-corrected chi connectivity index (χ2v) is 6.97. The summed E-state index contributed by atoms with van der Waals surface area (Å²) in [7, 11) is 1.98. The molecule has 0 aromatic carbocycles. The second kappa shape index (κ2) is 6.16. The lowest BCUT2D eigenvalue weighted by molar-refractivity contribution is 0.232. The third kappa shape index (κ3) is 3.16. The Morgan fingerprint density at radius 3 is 2.85 bits per heavy atom. The number of nitrogens with one attached hydrogen (secondary N) is 1. The van der Waals surface area contributed by atoms with Crippen molar-refractivity contribution in [2.75, 3.05) is 18.8 Å². The minimum absolute atomic E-state index is 0.512. The third-order valence-electron chi connectivity index (χ3n) is 4.42. The van der Waals surface area contributed by atoms with Crippen LogP contribution >= 0.6 is 11.8 Å². The molecule has 1 aliphatic carbocycles. The SMILES string of the molecule is Cn1cnnc1CCNC1=NCC2(CCCCC2)CS1. The fourth-order valence-corrected chi connectivity index (χ4v) is 4.26. The van der Waals surface area contributed by atoms with Crippen LogP contribution in [0.1, 0.15) is 37.9 Å². The molecule has 0 amide bonds. The van der Waals surface area contributed by atoms with Gasteiger partial charge in [-0.25, -0.2) is 0 Å². The Morgan fingerprint density at radius 1 is 1.35 bits per heavy atom. The molecule has 0 atom stereocenters. The van der Waals surface area contributed by atoms with Gasteiger partial charge in [0.1, 0.15) is 12.2 Å². The van der Waals surface area contributed by atoms with Crippen LogP contribution < -0.4 is 5.32 Å². The quantitative estimate of drug-likeness (QED) is 0.926. The zero-order chi connectivity index (χ0) is 13.8. The topological polar surface area (TPSA) is 55.1 Å². The van der Waals surface area contributed by atoms with Crippen LogP contribution in [0.25, 0.3) is 0 Å². The third-order valence-corrected chi connectivity index (χ3v) is 5.72. The fraction of sp³-hybridized carbons (Fsp3) is 0.786. The maximum atomic E-state index is 4.77. The monoisotopic (exact) mass is 293 g/mol. The van der Waals surface area contributed by atoms with Gasteiger partial charge >= 0.3 is 0 Å². The predicted octanol–water partition coefficient (Wildman–Crippen LogP) is 2.00. The maximum Gasteiger partial charge on any atom is 0.156 e. The normalized spacial score (nSPS) is 21.8. The Kier molecular flexibility index (Phi) is 4.29. The van der Waals surface area contributed by atoms with Crippen molar-refractivity contribution in [3.63, 3.8) is 0 Å². The van der Waals surface area contributed by atoms with Gasteiger partial charge in [-0.2, -0.15) is 0 Å². The minimum Gasteiger partial charge on any atom is -0.364 e. The predicted molar refractivity (Wildman–Crippen MR) is 83.0 cm³/mol. The molecule has 0 saturated heterocycles. The first kappa shape index (κ1) is 13.9. The van der Waals surface area contributed by atoms with Crippen LogP contribution in [0.3, 0.4) is 0 Å². The van der Waals surface area contributed by atoms with Gasteiger partial charge < -0.3 is 9.88 Å². The van der Waals surface area contributed by atoms with Crippen molar-refractivity contribution in [1.82, 2.24) is 20.1 Å². The lowest BCUT2D eigenvalue weighted by Gasteiger charge is -2.38. The zero-order valence-electron chi connectivity index (χ0n) is 12.1. The van der Waals surface area contributed by atoms with Gasteiger partial charge in [-0.1, -0.05) is 31.0 Å². The van der Waals surface area contributed by atoms with E-state index in [4.69, 9.17) is 4.99 Å². The van der Waals surface area contributed by atoms with E-state index in [-0.39, 0.29) is 0 Å². The van der Waals surface area contributed by atoms with Crippen molar-refractivity contribution >= 4 is 16.9 Å². The maximum absolute atomic E-state index is 4.77. The van der Waals surface area contributed by atoms with Crippen molar-refractivity contribution < 1.29 is 0 Å². The summed E-state index contributed by atoms with van der Waals surface area (Å²) >= 11 is 1.91. The van der Waals surface area contributed by atoms with Crippen LogP contribution in [0.4, 0.5) is 0 Å². The van der Waals surface area contributed by atoms with Crippen LogP contribution in [-0.4, -0.2) is 38.8 Å². The molecule has 1 aromatic rings. The second-order valence-electron chi connectivity index (χ2n) is 6.01. The van der Waals surface area contributed by atoms with Gasteiger partial charge in [0.05, 0.1) is 0 Å². The largest absolute Gasteiger partial charge is 0.364 e. The minimum atomic E-state index is 0.512. The number of thioether (sulfide) groups is 1. The van der Waals surface area contributed by atoms with E-state index < -0.39 is 0 Å². The summed E-state index contributed by atoms with van der Waals surface area (Å²) < 4.78 is 1.97. The van der Waals surface area contributed by atoms with Crippen LogP contribution in [0.5, 0.6) is 0 Å². The summed E-state index contributed by atoms with van der Waals surface area (Å²) in [6.07, 6.45) is 9.58. The number of rotatable bonds is 3. The highest BCUT2D eigenvalue weighted by Gasteiger charge is 2.34. The lowest BCUT2D eigenvalue weighted by Crippen LogP contribution is -2.37. The molecule has 0 bridgehead atoms. The number of nitrogens with zero attached hydrogens (tertiary/aromatic N) is 4. The highest BCUT2D eigenvalue weighted by atomic mass is 32.2. The first-order valence-electron chi connectivity index (χ1n) is 7.51. The van der Waals surface area contributed by atoms with E-state index in [2.05, 4.69) is 15.5 Å². The van der Waals surface area contributed by atoms with Crippen molar-refractivity contribution in [3.05, 3.63) is 12.2 Å². The molecular formula is C14H23N5S. The van der Waals surface area contributed by atoms with Crippen molar-refractivity contribution in [3.8, 4) is 0 Å². The van der Waals surface area contributed by atoms with Gasteiger partial charge in [-0.05, 0) is 18.3 Å². The summed E-state index contributed by atoms with van der Waals surface area (Å²) in [5.41, 5.74) is 0.512. The van der Waals surface area contributed by atoms with E-state index >= 15 is 0 Å². The molecular weight excluding hydrogens is 270 g/mol. The van der Waals surface area contributed by atoms with E-state index in [1.165, 1.54) is 37.9 Å². The van der Waals surface area contributed by atoms with E-state index in [1.807, 2.05) is 23.4 Å². The molecule has 5 nitrogen and oxygen atoms in total. The van der Waals surface area contributed by atoms with Gasteiger partial charge in [0.15, 0.2) is 5.17 Å². The molecule has 0 unspecified atom stereocenters. The number of amidine groups is 1. The molecule has 1 aromatic heterocycles. The number of aliphatic imine (C=N–C) groups is 1. The molecule has 20 heavy (non-hydrogen) atoms. The van der Waals surface area contributed by atoms with Gasteiger partial charge in [-0.3, -0.25) is 4.99 Å². The van der Waals surface area contributed by atoms with Crippen molar-refractivity contribution in [1.29, 1.82) is 0 Å². The van der Waals surface area contributed by atoms with E-state index in [1.54, 1.807) is 6.33 Å². The van der Waals surface area contributed by atoms with E-state index in [9.17, 15) is 0 Å². The van der Waals surface area contributed by atoms with E-state index in [0.717, 1.165) is 30.5 Å². The Hall–Kier alpha value is -1.04. The average Bonchev–Trinajstić information content (AvgIpc) is 2.88. The van der Waals surface area contributed by atoms with Crippen LogP contribution in [0.2, 0.25) is 0 Å². The van der Waals surface area contributed by atoms with Crippen molar-refractivity contribution in [2.24, 2.45) is 17.5 Å². The van der Waals surface area contributed by atoms with Gasteiger partial charge in [0.25, 0.3) is 0 Å². The van der Waals surface area contributed by atoms with E-state index in [0.29, 0.717) is 5.41 Å². The van der Waals surface area contributed by atoms with Crippen molar-refractivity contribution in [2.45, 2.75) is 38.5 Å². The van der Waals surface area contributed by atoms with Crippen LogP contribution in [-0.2, 0) is 13.5 Å². The van der Waals surface area contributed by atoms with Gasteiger partial charge in [0, 0.05) is 32.3 Å². The number of hydrogen-bond acceptors (Lipinski definition) is 5.